The van der Waals surface area contributed by atoms with Gasteiger partial charge in [0, 0.05) is 12.6 Å². The van der Waals surface area contributed by atoms with E-state index < -0.39 is 17.2 Å². The van der Waals surface area contributed by atoms with Crippen LogP contribution in [0.4, 0.5) is 14.5 Å². The van der Waals surface area contributed by atoms with Crippen LogP contribution in [-0.2, 0) is 0 Å². The second-order valence-electron chi connectivity index (χ2n) is 3.91. The zero-order chi connectivity index (χ0) is 12.2. The van der Waals surface area contributed by atoms with Crippen molar-refractivity contribution in [2.45, 2.75) is 32.3 Å². The SMILES string of the molecule is CCC(O)(CC)CNc1ccc(F)cc1F. The summed E-state index contributed by atoms with van der Waals surface area (Å²) in [5.41, 5.74) is -0.636. The van der Waals surface area contributed by atoms with Crippen LogP contribution in [0.5, 0.6) is 0 Å². The van der Waals surface area contributed by atoms with E-state index in [1.54, 1.807) is 0 Å². The Morgan fingerprint density at radius 3 is 2.38 bits per heavy atom. The van der Waals surface area contributed by atoms with Crippen molar-refractivity contribution in [2.75, 3.05) is 11.9 Å². The fraction of sp³-hybridized carbons (Fsp3) is 0.500. The Morgan fingerprint density at radius 1 is 1.25 bits per heavy atom. The van der Waals surface area contributed by atoms with Crippen LogP contribution >= 0.6 is 0 Å². The largest absolute Gasteiger partial charge is 0.388 e. The Hall–Kier alpha value is -1.16. The summed E-state index contributed by atoms with van der Waals surface area (Å²) in [4.78, 5) is 0. The van der Waals surface area contributed by atoms with Crippen LogP contribution in [0.15, 0.2) is 18.2 Å². The molecule has 0 radical (unpaired) electrons. The highest BCUT2D eigenvalue weighted by molar-refractivity contribution is 5.44. The first-order valence-corrected chi connectivity index (χ1v) is 5.42. The molecule has 0 aliphatic heterocycles. The molecule has 0 atom stereocenters. The maximum atomic E-state index is 13.2. The number of hydrogen-bond acceptors (Lipinski definition) is 2. The van der Waals surface area contributed by atoms with Gasteiger partial charge in [-0.1, -0.05) is 13.8 Å². The molecule has 0 saturated heterocycles. The molecule has 0 aliphatic carbocycles. The summed E-state index contributed by atoms with van der Waals surface area (Å²) >= 11 is 0. The lowest BCUT2D eigenvalue weighted by molar-refractivity contribution is 0.0456. The van der Waals surface area contributed by atoms with Crippen molar-refractivity contribution in [3.8, 4) is 0 Å². The van der Waals surface area contributed by atoms with Crippen LogP contribution in [0.1, 0.15) is 26.7 Å². The molecule has 90 valence electrons. The Labute approximate surface area is 94.3 Å². The van der Waals surface area contributed by atoms with Gasteiger partial charge in [0.1, 0.15) is 11.6 Å². The van der Waals surface area contributed by atoms with Gasteiger partial charge in [-0.2, -0.15) is 0 Å². The smallest absolute Gasteiger partial charge is 0.149 e. The third-order valence-electron chi connectivity index (χ3n) is 2.86. The van der Waals surface area contributed by atoms with E-state index in [1.807, 2.05) is 13.8 Å². The number of anilines is 1. The van der Waals surface area contributed by atoms with E-state index in [4.69, 9.17) is 0 Å². The average molecular weight is 229 g/mol. The molecule has 2 N–H and O–H groups in total. The molecule has 0 spiro atoms. The van der Waals surface area contributed by atoms with E-state index in [9.17, 15) is 13.9 Å². The van der Waals surface area contributed by atoms with E-state index in [0.717, 1.165) is 6.07 Å². The number of benzene rings is 1. The summed E-state index contributed by atoms with van der Waals surface area (Å²) in [6, 6.07) is 3.33. The first kappa shape index (κ1) is 12.9. The van der Waals surface area contributed by atoms with E-state index in [-0.39, 0.29) is 12.2 Å². The van der Waals surface area contributed by atoms with Crippen molar-refractivity contribution >= 4 is 5.69 Å². The molecule has 0 aliphatic rings. The van der Waals surface area contributed by atoms with Gasteiger partial charge < -0.3 is 10.4 Å². The van der Waals surface area contributed by atoms with Gasteiger partial charge in [0.05, 0.1) is 11.3 Å². The van der Waals surface area contributed by atoms with Crippen LogP contribution in [0.2, 0.25) is 0 Å². The fourth-order valence-corrected chi connectivity index (χ4v) is 1.39. The predicted octanol–water partition coefficient (Wildman–Crippen LogP) is 2.93. The molecule has 16 heavy (non-hydrogen) atoms. The van der Waals surface area contributed by atoms with Crippen LogP contribution in [0, 0.1) is 11.6 Å². The van der Waals surface area contributed by atoms with Crippen molar-refractivity contribution < 1.29 is 13.9 Å². The molecule has 1 aromatic rings. The van der Waals surface area contributed by atoms with E-state index in [0.29, 0.717) is 12.8 Å². The molecule has 0 amide bonds. The maximum absolute atomic E-state index is 13.2. The number of nitrogens with one attached hydrogen (secondary N) is 1. The van der Waals surface area contributed by atoms with Gasteiger partial charge >= 0.3 is 0 Å². The Morgan fingerprint density at radius 2 is 1.88 bits per heavy atom. The van der Waals surface area contributed by atoms with E-state index >= 15 is 0 Å². The van der Waals surface area contributed by atoms with E-state index in [1.165, 1.54) is 12.1 Å². The normalized spacial score (nSPS) is 11.6. The highest BCUT2D eigenvalue weighted by atomic mass is 19.1. The number of rotatable bonds is 5. The van der Waals surface area contributed by atoms with Crippen molar-refractivity contribution in [3.05, 3.63) is 29.8 Å². The molecule has 0 saturated carbocycles. The lowest BCUT2D eigenvalue weighted by Crippen LogP contribution is -2.35. The Bertz CT molecular complexity index is 351. The molecule has 0 heterocycles. The summed E-state index contributed by atoms with van der Waals surface area (Å²) in [5.74, 6) is -1.25. The molecule has 4 heteroatoms. The third kappa shape index (κ3) is 3.17. The maximum Gasteiger partial charge on any atom is 0.149 e. The van der Waals surface area contributed by atoms with Crippen molar-refractivity contribution in [1.29, 1.82) is 0 Å². The summed E-state index contributed by atoms with van der Waals surface area (Å²) in [6.07, 6.45) is 1.17. The molecule has 0 fully saturated rings. The first-order valence-electron chi connectivity index (χ1n) is 5.42. The highest BCUT2D eigenvalue weighted by Crippen LogP contribution is 2.19. The molecule has 0 bridgehead atoms. The average Bonchev–Trinajstić information content (AvgIpc) is 2.27. The first-order chi connectivity index (χ1) is 7.50. The second-order valence-corrected chi connectivity index (χ2v) is 3.91. The van der Waals surface area contributed by atoms with Gasteiger partial charge in [-0.25, -0.2) is 8.78 Å². The van der Waals surface area contributed by atoms with Crippen molar-refractivity contribution in [2.24, 2.45) is 0 Å². The molecule has 1 aromatic carbocycles. The van der Waals surface area contributed by atoms with Gasteiger partial charge in [0.25, 0.3) is 0 Å². The third-order valence-corrected chi connectivity index (χ3v) is 2.86. The molecular weight excluding hydrogens is 212 g/mol. The minimum atomic E-state index is -0.846. The summed E-state index contributed by atoms with van der Waals surface area (Å²) in [6.45, 7) is 3.99. The Balaban J connectivity index is 2.67. The van der Waals surface area contributed by atoms with Gasteiger partial charge in [0.2, 0.25) is 0 Å². The minimum absolute atomic E-state index is 0.210. The molecule has 0 aromatic heterocycles. The minimum Gasteiger partial charge on any atom is -0.388 e. The highest BCUT2D eigenvalue weighted by Gasteiger charge is 2.22. The molecular formula is C12H17F2NO. The summed E-state index contributed by atoms with van der Waals surface area (Å²) in [5, 5.41) is 12.8. The van der Waals surface area contributed by atoms with Gasteiger partial charge in [-0.3, -0.25) is 0 Å². The van der Waals surface area contributed by atoms with Crippen LogP contribution < -0.4 is 5.32 Å². The number of hydrogen-bond donors (Lipinski definition) is 2. The second kappa shape index (κ2) is 5.25. The standard InChI is InChI=1S/C12H17F2NO/c1-3-12(16,4-2)8-15-11-6-5-9(13)7-10(11)14/h5-7,15-16H,3-4,8H2,1-2H3. The zero-order valence-corrected chi connectivity index (χ0v) is 9.56. The Kier molecular flexibility index (Phi) is 4.24. The molecule has 0 unspecified atom stereocenters. The van der Waals surface area contributed by atoms with Gasteiger partial charge in [-0.05, 0) is 25.0 Å². The van der Waals surface area contributed by atoms with E-state index in [2.05, 4.69) is 5.32 Å². The van der Waals surface area contributed by atoms with Gasteiger partial charge in [-0.15, -0.1) is 0 Å². The predicted molar refractivity (Wildman–Crippen MR) is 60.4 cm³/mol. The molecule has 2 nitrogen and oxygen atoms in total. The lowest BCUT2D eigenvalue weighted by atomic mass is 9.97. The van der Waals surface area contributed by atoms with Crippen LogP contribution in [-0.4, -0.2) is 17.3 Å². The fourth-order valence-electron chi connectivity index (χ4n) is 1.39. The van der Waals surface area contributed by atoms with Crippen molar-refractivity contribution in [1.82, 2.24) is 0 Å². The number of aliphatic hydroxyl groups is 1. The lowest BCUT2D eigenvalue weighted by Gasteiger charge is -2.26. The number of halogens is 2. The topological polar surface area (TPSA) is 32.3 Å². The molecule has 1 rings (SSSR count). The van der Waals surface area contributed by atoms with Crippen LogP contribution in [0.25, 0.3) is 0 Å². The van der Waals surface area contributed by atoms with Crippen LogP contribution in [0.3, 0.4) is 0 Å². The van der Waals surface area contributed by atoms with Gasteiger partial charge in [0.15, 0.2) is 0 Å². The van der Waals surface area contributed by atoms with Crippen molar-refractivity contribution in [3.63, 3.8) is 0 Å². The summed E-state index contributed by atoms with van der Waals surface area (Å²) < 4.78 is 25.9. The zero-order valence-electron chi connectivity index (χ0n) is 9.56. The monoisotopic (exact) mass is 229 g/mol. The summed E-state index contributed by atoms with van der Waals surface area (Å²) in [7, 11) is 0. The quantitative estimate of drug-likeness (QED) is 0.813.